The molecule has 2 aromatic carbocycles. The number of aliphatic imine (C=N–C) groups is 1. The number of hydrogen-bond acceptors (Lipinski definition) is 4. The molecule has 1 amide bonds. The number of guanidine groups is 1. The van der Waals surface area contributed by atoms with Crippen molar-refractivity contribution in [3.63, 3.8) is 0 Å². The number of carbonyl (C=O) groups excluding carboxylic acids is 1. The Hall–Kier alpha value is -3.06. The van der Waals surface area contributed by atoms with E-state index in [1.165, 1.54) is 0 Å². The van der Waals surface area contributed by atoms with Crippen LogP contribution in [0.15, 0.2) is 58.4 Å². The largest absolute Gasteiger partial charge is 0.326 e. The Morgan fingerprint density at radius 1 is 1.13 bits per heavy atom. The molecule has 2 N–H and O–H groups in total. The van der Waals surface area contributed by atoms with E-state index in [1.54, 1.807) is 17.8 Å². The van der Waals surface area contributed by atoms with Crippen LogP contribution in [0.1, 0.15) is 39.8 Å². The lowest BCUT2D eigenvalue weighted by atomic mass is 10.1. The number of hydrogen-bond donors (Lipinski definition) is 2. The molecule has 0 aliphatic heterocycles. The Morgan fingerprint density at radius 2 is 1.90 bits per heavy atom. The number of rotatable bonds is 6. The molecule has 0 bridgehead atoms. The zero-order valence-electron chi connectivity index (χ0n) is 18.7. The van der Waals surface area contributed by atoms with Gasteiger partial charge in [-0.3, -0.25) is 14.8 Å². The first kappa shape index (κ1) is 22.6. The summed E-state index contributed by atoms with van der Waals surface area (Å²) < 4.78 is 1.97. The summed E-state index contributed by atoms with van der Waals surface area (Å²) in [6.45, 7) is 9.32. The van der Waals surface area contributed by atoms with E-state index in [0.29, 0.717) is 18.1 Å². The van der Waals surface area contributed by atoms with Gasteiger partial charge in [-0.15, -0.1) is 11.8 Å². The van der Waals surface area contributed by atoms with Gasteiger partial charge >= 0.3 is 0 Å². The molecule has 0 spiro atoms. The molecule has 0 aliphatic rings. The topological polar surface area (TPSA) is 71.3 Å². The van der Waals surface area contributed by atoms with Crippen molar-refractivity contribution in [2.24, 2.45) is 4.99 Å². The van der Waals surface area contributed by atoms with E-state index in [-0.39, 0.29) is 5.91 Å². The summed E-state index contributed by atoms with van der Waals surface area (Å²) in [5.74, 6) is 0.210. The third-order valence-electron chi connectivity index (χ3n) is 5.07. The second-order valence-corrected chi connectivity index (χ2v) is 8.19. The Labute approximate surface area is 188 Å². The molecule has 1 heterocycles. The van der Waals surface area contributed by atoms with E-state index < -0.39 is 0 Å². The molecule has 0 fully saturated rings. The first-order chi connectivity index (χ1) is 14.9. The van der Waals surface area contributed by atoms with Gasteiger partial charge in [-0.1, -0.05) is 23.8 Å². The number of anilines is 1. The van der Waals surface area contributed by atoms with E-state index in [9.17, 15) is 4.79 Å². The van der Waals surface area contributed by atoms with Crippen LogP contribution in [0.4, 0.5) is 5.69 Å². The molecular formula is C24H29N5OS. The number of nitrogens with zero attached hydrogens (tertiary/aromatic N) is 3. The van der Waals surface area contributed by atoms with Gasteiger partial charge in [0.05, 0.1) is 12.2 Å². The van der Waals surface area contributed by atoms with E-state index in [0.717, 1.165) is 39.6 Å². The van der Waals surface area contributed by atoms with Crippen LogP contribution in [0, 0.1) is 20.8 Å². The fraction of sp³-hybridized carbons (Fsp3) is 0.292. The SMILES string of the molecule is CCn1nc(C)c(CN=C(NC(=O)c2cccc(C)c2)Nc2cccc(SC)c2)c1C. The lowest BCUT2D eigenvalue weighted by Gasteiger charge is -2.13. The Bertz CT molecular complexity index is 1100. The Balaban J connectivity index is 1.88. The molecule has 0 atom stereocenters. The predicted octanol–water partition coefficient (Wildman–Crippen LogP) is 4.95. The molecule has 0 unspecified atom stereocenters. The molecule has 6 nitrogen and oxygen atoms in total. The van der Waals surface area contributed by atoms with E-state index in [4.69, 9.17) is 4.99 Å². The molecule has 0 radical (unpaired) electrons. The quantitative estimate of drug-likeness (QED) is 0.327. The van der Waals surface area contributed by atoms with Crippen molar-refractivity contribution < 1.29 is 4.79 Å². The minimum Gasteiger partial charge on any atom is -0.326 e. The summed E-state index contributed by atoms with van der Waals surface area (Å²) in [4.78, 5) is 18.7. The van der Waals surface area contributed by atoms with Crippen LogP contribution in [-0.2, 0) is 13.1 Å². The summed E-state index contributed by atoms with van der Waals surface area (Å²) in [7, 11) is 0. The smallest absolute Gasteiger partial charge is 0.257 e. The fourth-order valence-corrected chi connectivity index (χ4v) is 3.80. The van der Waals surface area contributed by atoms with Gasteiger partial charge in [0.1, 0.15) is 0 Å². The van der Waals surface area contributed by atoms with Crippen LogP contribution in [-0.4, -0.2) is 27.9 Å². The number of carbonyl (C=O) groups is 1. The van der Waals surface area contributed by atoms with Crippen LogP contribution in [0.5, 0.6) is 0 Å². The summed E-state index contributed by atoms with van der Waals surface area (Å²) in [6.07, 6.45) is 2.03. The average molecular weight is 436 g/mol. The van der Waals surface area contributed by atoms with Gasteiger partial charge in [0.25, 0.3) is 5.91 Å². The van der Waals surface area contributed by atoms with Gasteiger partial charge in [-0.2, -0.15) is 5.10 Å². The summed E-state index contributed by atoms with van der Waals surface area (Å²) in [6, 6.07) is 15.5. The Kier molecular flexibility index (Phi) is 7.52. The number of aryl methyl sites for hydroxylation is 3. The number of nitrogens with one attached hydrogen (secondary N) is 2. The molecule has 7 heteroatoms. The van der Waals surface area contributed by atoms with Crippen LogP contribution < -0.4 is 10.6 Å². The normalized spacial score (nSPS) is 11.5. The molecule has 162 valence electrons. The van der Waals surface area contributed by atoms with Crippen LogP contribution in [0.3, 0.4) is 0 Å². The Morgan fingerprint density at radius 3 is 2.58 bits per heavy atom. The van der Waals surface area contributed by atoms with Gasteiger partial charge in [-0.25, -0.2) is 4.99 Å². The summed E-state index contributed by atoms with van der Waals surface area (Å²) in [5.41, 5.74) is 5.62. The van der Waals surface area contributed by atoms with Crippen molar-refractivity contribution in [2.75, 3.05) is 11.6 Å². The van der Waals surface area contributed by atoms with Gasteiger partial charge in [0.2, 0.25) is 5.96 Å². The number of benzene rings is 2. The molecule has 0 saturated carbocycles. The third-order valence-corrected chi connectivity index (χ3v) is 5.80. The first-order valence-corrected chi connectivity index (χ1v) is 11.5. The van der Waals surface area contributed by atoms with Gasteiger partial charge < -0.3 is 5.32 Å². The minimum atomic E-state index is -0.200. The second kappa shape index (κ2) is 10.3. The maximum absolute atomic E-state index is 12.9. The van der Waals surface area contributed by atoms with Gasteiger partial charge in [0, 0.05) is 33.9 Å². The minimum absolute atomic E-state index is 0.200. The lowest BCUT2D eigenvalue weighted by molar-refractivity contribution is 0.0977. The van der Waals surface area contributed by atoms with Crippen LogP contribution in [0.25, 0.3) is 0 Å². The highest BCUT2D eigenvalue weighted by Gasteiger charge is 2.13. The molecule has 31 heavy (non-hydrogen) atoms. The van der Waals surface area contributed by atoms with E-state index >= 15 is 0 Å². The molecule has 0 saturated heterocycles. The van der Waals surface area contributed by atoms with Crippen molar-refractivity contribution in [1.29, 1.82) is 0 Å². The van der Waals surface area contributed by atoms with Crippen LogP contribution in [0.2, 0.25) is 0 Å². The third kappa shape index (κ3) is 5.76. The maximum Gasteiger partial charge on any atom is 0.257 e. The standard InChI is InChI=1S/C24H29N5OS/c1-6-29-18(4)22(17(3)28-29)15-25-24(26-20-11-8-12-21(14-20)31-5)27-23(30)19-10-7-9-16(2)13-19/h7-14H,6,15H2,1-5H3,(H2,25,26,27,30). The zero-order valence-corrected chi connectivity index (χ0v) is 19.5. The monoisotopic (exact) mass is 435 g/mol. The second-order valence-electron chi connectivity index (χ2n) is 7.31. The molecule has 0 aliphatic carbocycles. The molecule has 3 aromatic rings. The van der Waals surface area contributed by atoms with Gasteiger partial charge in [0.15, 0.2) is 0 Å². The summed E-state index contributed by atoms with van der Waals surface area (Å²) in [5, 5.41) is 10.8. The zero-order chi connectivity index (χ0) is 22.4. The van der Waals surface area contributed by atoms with Crippen molar-refractivity contribution in [3.8, 4) is 0 Å². The molecule has 3 rings (SSSR count). The van der Waals surface area contributed by atoms with Crippen molar-refractivity contribution in [3.05, 3.63) is 76.6 Å². The first-order valence-electron chi connectivity index (χ1n) is 10.3. The predicted molar refractivity (Wildman–Crippen MR) is 129 cm³/mol. The van der Waals surface area contributed by atoms with E-state index in [2.05, 4.69) is 29.6 Å². The fourth-order valence-electron chi connectivity index (χ4n) is 3.34. The highest BCUT2D eigenvalue weighted by molar-refractivity contribution is 7.98. The van der Waals surface area contributed by atoms with Gasteiger partial charge in [-0.05, 0) is 64.3 Å². The lowest BCUT2D eigenvalue weighted by Crippen LogP contribution is -2.36. The average Bonchev–Trinajstić information content (AvgIpc) is 3.04. The van der Waals surface area contributed by atoms with E-state index in [1.807, 2.05) is 67.2 Å². The molecule has 1 aromatic heterocycles. The van der Waals surface area contributed by atoms with Crippen molar-refractivity contribution in [2.45, 2.75) is 45.7 Å². The molecular weight excluding hydrogens is 406 g/mol. The van der Waals surface area contributed by atoms with Crippen molar-refractivity contribution in [1.82, 2.24) is 15.1 Å². The highest BCUT2D eigenvalue weighted by atomic mass is 32.2. The number of aromatic nitrogens is 2. The van der Waals surface area contributed by atoms with Crippen molar-refractivity contribution >= 4 is 29.3 Å². The summed E-state index contributed by atoms with van der Waals surface area (Å²) >= 11 is 1.66. The number of amides is 1. The van der Waals surface area contributed by atoms with Crippen LogP contribution >= 0.6 is 11.8 Å². The maximum atomic E-state index is 12.9. The number of thioether (sulfide) groups is 1. The highest BCUT2D eigenvalue weighted by Crippen LogP contribution is 2.19.